The van der Waals surface area contributed by atoms with Crippen LogP contribution in [-0.4, -0.2) is 117 Å². The number of Topliss-reactive ketones (excluding diaryl/α,β-unsaturated/α-hetero) is 2. The number of benzene rings is 6. The Morgan fingerprint density at radius 1 is 0.554 bits per heavy atom. The molecule has 0 aromatic heterocycles. The highest BCUT2D eigenvalue weighted by Gasteiger charge is 2.28. The van der Waals surface area contributed by atoms with E-state index in [1.807, 2.05) is 0 Å². The van der Waals surface area contributed by atoms with Gasteiger partial charge in [0.05, 0.1) is 13.1 Å². The lowest BCUT2D eigenvalue weighted by Gasteiger charge is -2.26. The summed E-state index contributed by atoms with van der Waals surface area (Å²) in [7, 11) is 0. The number of ether oxygens (including phenoxy) is 4. The van der Waals surface area contributed by atoms with Crippen LogP contribution in [0, 0.1) is 11.6 Å². The van der Waals surface area contributed by atoms with Crippen molar-refractivity contribution in [2.24, 2.45) is 5.84 Å². The summed E-state index contributed by atoms with van der Waals surface area (Å²) in [5.74, 6) is -1.09. The summed E-state index contributed by atoms with van der Waals surface area (Å²) in [5.41, 5.74) is 4.76. The number of hydrogen-bond donors (Lipinski definition) is 4. The van der Waals surface area contributed by atoms with E-state index in [9.17, 15) is 57.4 Å². The van der Waals surface area contributed by atoms with Crippen LogP contribution in [0.25, 0.3) is 22.3 Å². The normalized spacial score (nSPS) is 11.8. The van der Waals surface area contributed by atoms with Gasteiger partial charge >= 0.3 is 35.0 Å². The fourth-order valence-corrected chi connectivity index (χ4v) is 7.36. The van der Waals surface area contributed by atoms with Gasteiger partial charge in [-0.2, -0.15) is 0 Å². The minimum Gasteiger partial charge on any atom is -0.455 e. The molecule has 0 aliphatic heterocycles. The van der Waals surface area contributed by atoms with Gasteiger partial charge in [0.1, 0.15) is 22.8 Å². The summed E-state index contributed by atoms with van der Waals surface area (Å²) in [6.07, 6.45) is -3.29. The van der Waals surface area contributed by atoms with Crippen LogP contribution in [0.2, 0.25) is 10.0 Å². The summed E-state index contributed by atoms with van der Waals surface area (Å²) < 4.78 is 47.8. The van der Waals surface area contributed by atoms with E-state index in [2.05, 4.69) is 10.2 Å². The first-order chi connectivity index (χ1) is 39.0. The van der Waals surface area contributed by atoms with E-state index in [1.165, 1.54) is 35.3 Å². The van der Waals surface area contributed by atoms with Gasteiger partial charge in [-0.05, 0) is 112 Å². The number of esters is 4. The standard InChI is InChI=1S/C30H30ClFN2O7.C24H22ClFN2O4.C6H9ClO3/c1-30(2,3)41-29(39)27(37)33-34(17-25(35)28(38)40-18-26(36)21-7-5-4-6-8-21)16-19-9-11-20(12-10-19)23-15-22(31)13-14-24(23)32;25-19-10-11-21(26)20(12-19)17-8-6-16(7-9-17)13-28(27)14-22(29)24(31)32-15-23(30)18-4-2-1-3-5-18;1-6(2,3)10-5(9)4(7)8/h4-15,25,35H,16-18H2,1-3H3,(H,33,37);1-12,22,29H,13-15,27H2;1-3H3/t25-;22-;/m11./s1. The molecule has 6 rings (SSSR count). The maximum absolute atomic E-state index is 14.3. The molecule has 0 spiro atoms. The number of rotatable bonds is 20. The van der Waals surface area contributed by atoms with Gasteiger partial charge in [-0.3, -0.25) is 30.4 Å². The lowest BCUT2D eigenvalue weighted by atomic mass is 10.0. The Kier molecular flexibility index (Phi) is 26.2. The molecular formula is C60H61Cl3F2N4O14. The van der Waals surface area contributed by atoms with E-state index in [0.29, 0.717) is 49.0 Å². The van der Waals surface area contributed by atoms with Crippen LogP contribution < -0.4 is 11.3 Å². The molecule has 2 atom stereocenters. The first-order valence-corrected chi connectivity index (χ1v) is 26.3. The fourth-order valence-electron chi connectivity index (χ4n) is 6.98. The monoisotopic (exact) mass is 1200 g/mol. The first kappa shape index (κ1) is 67.7. The number of carbonyl (C=O) groups excluding carboxylic acids is 8. The Hall–Kier alpha value is -7.79. The van der Waals surface area contributed by atoms with Crippen molar-refractivity contribution >= 4 is 81.4 Å². The number of aliphatic hydroxyl groups is 2. The molecule has 0 radical (unpaired) electrons. The smallest absolute Gasteiger partial charge is 0.398 e. The lowest BCUT2D eigenvalue weighted by molar-refractivity contribution is -0.166. The number of nitrogens with zero attached hydrogens (tertiary/aromatic N) is 2. The zero-order chi connectivity index (χ0) is 61.6. The van der Waals surface area contributed by atoms with E-state index >= 15 is 0 Å². The Morgan fingerprint density at radius 3 is 1.33 bits per heavy atom. The van der Waals surface area contributed by atoms with Gasteiger partial charge in [0.15, 0.2) is 37.0 Å². The molecule has 0 heterocycles. The Labute approximate surface area is 492 Å². The third kappa shape index (κ3) is 24.3. The van der Waals surface area contributed by atoms with Crippen molar-refractivity contribution in [1.29, 1.82) is 0 Å². The summed E-state index contributed by atoms with van der Waals surface area (Å²) in [4.78, 5) is 94.0. The van der Waals surface area contributed by atoms with Crippen LogP contribution in [0.5, 0.6) is 0 Å². The molecule has 0 saturated heterocycles. The second-order valence-corrected chi connectivity index (χ2v) is 21.2. The molecule has 0 aliphatic rings. The number of nitrogens with one attached hydrogen (secondary N) is 1. The molecule has 23 heteroatoms. The molecule has 440 valence electrons. The molecule has 0 aliphatic carbocycles. The molecule has 0 unspecified atom stereocenters. The zero-order valence-electron chi connectivity index (χ0n) is 45.9. The average Bonchev–Trinajstić information content (AvgIpc) is 3.46. The first-order valence-electron chi connectivity index (χ1n) is 25.1. The molecule has 0 fully saturated rings. The molecule has 6 aromatic carbocycles. The molecular weight excluding hydrogens is 1150 g/mol. The summed E-state index contributed by atoms with van der Waals surface area (Å²) in [6, 6.07) is 38.6. The molecule has 0 bridgehead atoms. The van der Waals surface area contributed by atoms with Crippen LogP contribution in [0.1, 0.15) is 73.4 Å². The third-order valence-corrected chi connectivity index (χ3v) is 11.4. The number of halogens is 5. The number of hydrogen-bond acceptors (Lipinski definition) is 17. The van der Waals surface area contributed by atoms with Crippen molar-refractivity contribution in [2.75, 3.05) is 26.3 Å². The van der Waals surface area contributed by atoms with Crippen molar-refractivity contribution in [3.05, 3.63) is 190 Å². The van der Waals surface area contributed by atoms with Crippen LogP contribution in [0.15, 0.2) is 146 Å². The highest BCUT2D eigenvalue weighted by Crippen LogP contribution is 2.28. The highest BCUT2D eigenvalue weighted by molar-refractivity contribution is 6.80. The van der Waals surface area contributed by atoms with Gasteiger partial charge < -0.3 is 29.2 Å². The van der Waals surface area contributed by atoms with E-state index in [1.54, 1.807) is 157 Å². The maximum Gasteiger partial charge on any atom is 0.398 e. The van der Waals surface area contributed by atoms with E-state index in [0.717, 1.165) is 10.6 Å². The number of aliphatic hydroxyl groups excluding tert-OH is 2. The SMILES string of the molecule is CC(C)(C)OC(=O)C(=O)Cl.CC(C)(C)OC(=O)C(=O)NN(Cc1ccc(-c2cc(Cl)ccc2F)cc1)C[C@@H](O)C(=O)OCC(=O)c1ccccc1.NN(Cc1ccc(-c2cc(Cl)ccc2F)cc1)C[C@@H](O)C(=O)OCC(=O)c1ccccc1. The van der Waals surface area contributed by atoms with Gasteiger partial charge in [0, 0.05) is 45.4 Å². The second kappa shape index (κ2) is 32.2. The van der Waals surface area contributed by atoms with Gasteiger partial charge in [-0.25, -0.2) is 38.0 Å². The minimum absolute atomic E-state index is 0.0693. The van der Waals surface area contributed by atoms with Crippen LogP contribution in [0.4, 0.5) is 8.78 Å². The maximum atomic E-state index is 14.3. The van der Waals surface area contributed by atoms with Crippen LogP contribution >= 0.6 is 34.8 Å². The van der Waals surface area contributed by atoms with Crippen molar-refractivity contribution in [1.82, 2.24) is 15.4 Å². The summed E-state index contributed by atoms with van der Waals surface area (Å²) in [5, 5.41) is 22.6. The van der Waals surface area contributed by atoms with Crippen molar-refractivity contribution in [3.8, 4) is 22.3 Å². The Balaban J connectivity index is 0.000000312. The number of carbonyl (C=O) groups is 8. The zero-order valence-corrected chi connectivity index (χ0v) is 48.2. The Bertz CT molecular complexity index is 3200. The number of hydrazine groups is 2. The molecule has 5 N–H and O–H groups in total. The lowest BCUT2D eigenvalue weighted by Crippen LogP contribution is -2.50. The predicted octanol–water partition coefficient (Wildman–Crippen LogP) is 8.81. The largest absolute Gasteiger partial charge is 0.455 e. The highest BCUT2D eigenvalue weighted by atomic mass is 35.5. The van der Waals surface area contributed by atoms with Crippen LogP contribution in [0.3, 0.4) is 0 Å². The topological polar surface area (TPSA) is 258 Å². The number of amides is 1. The minimum atomic E-state index is -1.78. The van der Waals surface area contributed by atoms with Gasteiger partial charge in [-0.1, -0.05) is 132 Å². The predicted molar refractivity (Wildman–Crippen MR) is 305 cm³/mol. The van der Waals surface area contributed by atoms with Gasteiger partial charge in [-0.15, -0.1) is 0 Å². The molecule has 0 saturated carbocycles. The average molecular weight is 1210 g/mol. The third-order valence-electron chi connectivity index (χ3n) is 10.8. The summed E-state index contributed by atoms with van der Waals surface area (Å²) >= 11 is 16.8. The fraction of sp³-hybridized carbons (Fsp3) is 0.267. The van der Waals surface area contributed by atoms with Crippen molar-refractivity contribution in [2.45, 2.75) is 78.0 Å². The van der Waals surface area contributed by atoms with Gasteiger partial charge in [0.2, 0.25) is 0 Å². The number of nitrogens with two attached hydrogens (primary N) is 1. The van der Waals surface area contributed by atoms with E-state index < -0.39 is 89.8 Å². The molecule has 18 nitrogen and oxygen atoms in total. The Morgan fingerprint density at radius 2 is 0.940 bits per heavy atom. The van der Waals surface area contributed by atoms with Crippen LogP contribution in [-0.2, 0) is 60.8 Å². The summed E-state index contributed by atoms with van der Waals surface area (Å²) in [6.45, 7) is 8.18. The molecule has 83 heavy (non-hydrogen) atoms. The van der Waals surface area contributed by atoms with Crippen molar-refractivity contribution in [3.63, 3.8) is 0 Å². The molecule has 6 aromatic rings. The quantitative estimate of drug-likeness (QED) is 0.0106. The van der Waals surface area contributed by atoms with E-state index in [-0.39, 0.29) is 31.2 Å². The number of ketones is 2. The second-order valence-electron chi connectivity index (χ2n) is 20.0. The molecule has 1 amide bonds. The van der Waals surface area contributed by atoms with Gasteiger partial charge in [0.25, 0.3) is 0 Å². The van der Waals surface area contributed by atoms with E-state index in [4.69, 9.17) is 54.9 Å². The van der Waals surface area contributed by atoms with Crippen molar-refractivity contribution < 1.29 is 76.3 Å².